The third-order valence-corrected chi connectivity index (χ3v) is 7.38. The van der Waals surface area contributed by atoms with Crippen LogP contribution in [-0.2, 0) is 9.59 Å². The number of carbonyl (C=O) groups excluding carboxylic acids is 4. The second-order valence-corrected chi connectivity index (χ2v) is 8.82. The Labute approximate surface area is 181 Å². The number of nitrogens with zero attached hydrogens (tertiary/aromatic N) is 3. The van der Waals surface area contributed by atoms with Crippen molar-refractivity contribution in [2.24, 2.45) is 23.7 Å². The van der Waals surface area contributed by atoms with E-state index in [1.807, 2.05) is 0 Å². The number of rotatable bonds is 3. The second-order valence-electron chi connectivity index (χ2n) is 8.82. The van der Waals surface area contributed by atoms with Gasteiger partial charge in [-0.3, -0.25) is 34.2 Å². The van der Waals surface area contributed by atoms with Gasteiger partial charge in [0.25, 0.3) is 17.5 Å². The molecule has 0 radical (unpaired) electrons. The normalized spacial score (nSPS) is 28.0. The van der Waals surface area contributed by atoms with Crippen molar-refractivity contribution in [2.45, 2.75) is 19.3 Å². The minimum absolute atomic E-state index is 0.0264. The Bertz CT molecular complexity index is 1220. The van der Waals surface area contributed by atoms with Crippen LogP contribution in [0.2, 0.25) is 0 Å². The molecule has 9 heteroatoms. The molecular weight excluding hydrogens is 414 g/mol. The van der Waals surface area contributed by atoms with Crippen molar-refractivity contribution in [3.8, 4) is 0 Å². The fourth-order valence-electron chi connectivity index (χ4n) is 6.07. The number of anilines is 2. The summed E-state index contributed by atoms with van der Waals surface area (Å²) in [5, 5.41) is 11.3. The SMILES string of the molecule is O=C1c2cccc([N+](=O)[O-])c2C(=O)N1c1ccc(N2C(=O)[C@@H]3[C@H]4CC[C@@H](C4)[C@@H]3C2=O)cc1. The number of nitro groups is 1. The number of hydrogen-bond acceptors (Lipinski definition) is 6. The van der Waals surface area contributed by atoms with Crippen molar-refractivity contribution >= 4 is 40.7 Å². The molecule has 0 unspecified atom stereocenters. The van der Waals surface area contributed by atoms with E-state index in [0.29, 0.717) is 5.69 Å². The molecule has 2 bridgehead atoms. The van der Waals surface area contributed by atoms with Gasteiger partial charge >= 0.3 is 0 Å². The lowest BCUT2D eigenvalue weighted by Gasteiger charge is -2.19. The molecule has 2 aromatic rings. The van der Waals surface area contributed by atoms with Crippen LogP contribution in [-0.4, -0.2) is 28.6 Å². The summed E-state index contributed by atoms with van der Waals surface area (Å²) in [6, 6.07) is 9.95. The number of benzene rings is 2. The van der Waals surface area contributed by atoms with E-state index >= 15 is 0 Å². The van der Waals surface area contributed by atoms with Crippen LogP contribution in [0.25, 0.3) is 0 Å². The first-order chi connectivity index (χ1) is 15.4. The minimum atomic E-state index is -0.774. The van der Waals surface area contributed by atoms with E-state index in [9.17, 15) is 29.3 Å². The first-order valence-electron chi connectivity index (χ1n) is 10.5. The predicted molar refractivity (Wildman–Crippen MR) is 111 cm³/mol. The van der Waals surface area contributed by atoms with Crippen molar-refractivity contribution in [3.63, 3.8) is 0 Å². The van der Waals surface area contributed by atoms with Crippen molar-refractivity contribution in [1.29, 1.82) is 0 Å². The molecular formula is C23H17N3O6. The third kappa shape index (κ3) is 2.27. The Morgan fingerprint density at radius 3 is 1.91 bits per heavy atom. The Kier molecular flexibility index (Phi) is 3.72. The molecule has 3 fully saturated rings. The zero-order chi connectivity index (χ0) is 22.3. The molecule has 6 rings (SSSR count). The molecule has 4 amide bonds. The number of nitro benzene ring substituents is 1. The van der Waals surface area contributed by atoms with E-state index in [4.69, 9.17) is 0 Å². The maximum Gasteiger partial charge on any atom is 0.283 e. The zero-order valence-corrected chi connectivity index (χ0v) is 16.8. The molecule has 0 N–H and O–H groups in total. The van der Waals surface area contributed by atoms with Gasteiger partial charge in [0.1, 0.15) is 5.56 Å². The van der Waals surface area contributed by atoms with Gasteiger partial charge in [0.05, 0.1) is 33.7 Å². The van der Waals surface area contributed by atoms with E-state index in [0.717, 1.165) is 24.2 Å². The molecule has 1 saturated heterocycles. The molecule has 2 saturated carbocycles. The number of carbonyl (C=O) groups is 4. The fourth-order valence-corrected chi connectivity index (χ4v) is 6.07. The highest BCUT2D eigenvalue weighted by Gasteiger charge is 2.61. The monoisotopic (exact) mass is 431 g/mol. The van der Waals surface area contributed by atoms with Gasteiger partial charge in [-0.1, -0.05) is 6.07 Å². The van der Waals surface area contributed by atoms with Crippen LogP contribution in [0.3, 0.4) is 0 Å². The lowest BCUT2D eigenvalue weighted by Crippen LogP contribution is -2.33. The van der Waals surface area contributed by atoms with E-state index in [2.05, 4.69) is 0 Å². The van der Waals surface area contributed by atoms with Crippen LogP contribution < -0.4 is 9.80 Å². The fraction of sp³-hybridized carbons (Fsp3) is 0.304. The number of fused-ring (bicyclic) bond motifs is 6. The Hall–Kier alpha value is -3.88. The summed E-state index contributed by atoms with van der Waals surface area (Å²) < 4.78 is 0. The van der Waals surface area contributed by atoms with Gasteiger partial charge in [0.15, 0.2) is 0 Å². The first kappa shape index (κ1) is 18.9. The van der Waals surface area contributed by atoms with Crippen molar-refractivity contribution in [2.75, 3.05) is 9.80 Å². The quantitative estimate of drug-likeness (QED) is 0.419. The van der Waals surface area contributed by atoms with E-state index in [1.54, 1.807) is 0 Å². The van der Waals surface area contributed by atoms with Gasteiger partial charge in [-0.2, -0.15) is 0 Å². The molecule has 4 aliphatic rings. The summed E-state index contributed by atoms with van der Waals surface area (Å²) in [5.74, 6) is -1.69. The Morgan fingerprint density at radius 2 is 1.34 bits per heavy atom. The zero-order valence-electron chi connectivity index (χ0n) is 16.8. The average Bonchev–Trinajstić information content (AvgIpc) is 3.52. The number of hydrogen-bond donors (Lipinski definition) is 0. The summed E-state index contributed by atoms with van der Waals surface area (Å²) in [4.78, 5) is 64.4. The van der Waals surface area contributed by atoms with Crippen LogP contribution in [0.15, 0.2) is 42.5 Å². The van der Waals surface area contributed by atoms with Gasteiger partial charge in [0, 0.05) is 6.07 Å². The highest BCUT2D eigenvalue weighted by Crippen LogP contribution is 2.56. The summed E-state index contributed by atoms with van der Waals surface area (Å²) in [5.41, 5.74) is -0.0654. The molecule has 2 aliphatic carbocycles. The smallest absolute Gasteiger partial charge is 0.274 e. The lowest BCUT2D eigenvalue weighted by molar-refractivity contribution is -0.385. The first-order valence-corrected chi connectivity index (χ1v) is 10.5. The molecule has 0 aromatic heterocycles. The second kappa shape index (κ2) is 6.32. The Morgan fingerprint density at radius 1 is 0.781 bits per heavy atom. The highest BCUT2D eigenvalue weighted by molar-refractivity contribution is 6.35. The molecule has 9 nitrogen and oxygen atoms in total. The third-order valence-electron chi connectivity index (χ3n) is 7.38. The maximum absolute atomic E-state index is 13.0. The van der Waals surface area contributed by atoms with Crippen LogP contribution in [0.4, 0.5) is 17.1 Å². The van der Waals surface area contributed by atoms with Crippen molar-refractivity contribution in [1.82, 2.24) is 0 Å². The molecule has 0 spiro atoms. The molecule has 2 aromatic carbocycles. The molecule has 32 heavy (non-hydrogen) atoms. The van der Waals surface area contributed by atoms with E-state index in [1.165, 1.54) is 47.4 Å². The van der Waals surface area contributed by atoms with E-state index < -0.39 is 22.4 Å². The largest absolute Gasteiger partial charge is 0.283 e. The number of amides is 4. The molecule has 2 heterocycles. The van der Waals surface area contributed by atoms with Gasteiger partial charge in [-0.05, 0) is 61.4 Å². The van der Waals surface area contributed by atoms with Crippen LogP contribution in [0.5, 0.6) is 0 Å². The number of imide groups is 2. The van der Waals surface area contributed by atoms with Gasteiger partial charge in [-0.15, -0.1) is 0 Å². The molecule has 4 atom stereocenters. The Balaban J connectivity index is 1.32. The van der Waals surface area contributed by atoms with Gasteiger partial charge in [0.2, 0.25) is 11.8 Å². The molecule has 160 valence electrons. The summed E-state index contributed by atoms with van der Waals surface area (Å²) >= 11 is 0. The average molecular weight is 431 g/mol. The highest BCUT2D eigenvalue weighted by atomic mass is 16.6. The summed E-state index contributed by atoms with van der Waals surface area (Å²) in [7, 11) is 0. The predicted octanol–water partition coefficient (Wildman–Crippen LogP) is 2.93. The standard InChI is InChI=1S/C23H17N3O6/c27-20-15-2-1-3-16(26(31)32)19(15)23(30)24(20)13-6-8-14(9-7-13)25-21(28)17-11-4-5-12(10-11)18(17)22(25)29/h1-3,6-9,11-12,17-18H,4-5,10H2/t11-,12-,17-,18+/m0/s1. The van der Waals surface area contributed by atoms with Crippen LogP contribution in [0.1, 0.15) is 40.0 Å². The maximum atomic E-state index is 13.0. The van der Waals surface area contributed by atoms with Crippen LogP contribution in [0, 0.1) is 33.8 Å². The van der Waals surface area contributed by atoms with E-state index in [-0.39, 0.29) is 52.3 Å². The van der Waals surface area contributed by atoms with Gasteiger partial charge < -0.3 is 0 Å². The van der Waals surface area contributed by atoms with Crippen molar-refractivity contribution in [3.05, 3.63) is 63.7 Å². The summed E-state index contributed by atoms with van der Waals surface area (Å²) in [6.07, 6.45) is 2.93. The topological polar surface area (TPSA) is 118 Å². The lowest BCUT2D eigenvalue weighted by atomic mass is 9.81. The van der Waals surface area contributed by atoms with Crippen molar-refractivity contribution < 1.29 is 24.1 Å². The van der Waals surface area contributed by atoms with Gasteiger partial charge in [-0.25, -0.2) is 4.90 Å². The molecule has 2 aliphatic heterocycles. The minimum Gasteiger partial charge on any atom is -0.274 e. The summed E-state index contributed by atoms with van der Waals surface area (Å²) in [6.45, 7) is 0. The van der Waals surface area contributed by atoms with Crippen LogP contribution >= 0.6 is 0 Å².